The number of hydrogen-bond acceptors (Lipinski definition) is 4. The van der Waals surface area contributed by atoms with Crippen LogP contribution in [-0.4, -0.2) is 52.5 Å². The predicted molar refractivity (Wildman–Crippen MR) is 83.3 cm³/mol. The molecule has 0 radical (unpaired) electrons. The SMILES string of the molecule is CNS(=O)(=O)c1ccc(C(=O)N2CCCNCC2)cc1.Cl. The van der Waals surface area contributed by atoms with Crippen LogP contribution in [0.25, 0.3) is 0 Å². The van der Waals surface area contributed by atoms with Crippen LogP contribution in [0.5, 0.6) is 0 Å². The molecule has 118 valence electrons. The van der Waals surface area contributed by atoms with Crippen molar-refractivity contribution < 1.29 is 13.2 Å². The molecule has 0 bridgehead atoms. The molecule has 1 saturated heterocycles. The lowest BCUT2D eigenvalue weighted by Crippen LogP contribution is -2.34. The second-order valence-electron chi connectivity index (χ2n) is 4.63. The van der Waals surface area contributed by atoms with Gasteiger partial charge in [0.05, 0.1) is 4.90 Å². The zero-order valence-corrected chi connectivity index (χ0v) is 13.5. The minimum absolute atomic E-state index is 0. The lowest BCUT2D eigenvalue weighted by Gasteiger charge is -2.20. The van der Waals surface area contributed by atoms with Crippen molar-refractivity contribution in [3.63, 3.8) is 0 Å². The van der Waals surface area contributed by atoms with Crippen molar-refractivity contribution in [3.05, 3.63) is 29.8 Å². The summed E-state index contributed by atoms with van der Waals surface area (Å²) in [5, 5.41) is 3.24. The van der Waals surface area contributed by atoms with Crippen LogP contribution in [0.4, 0.5) is 0 Å². The highest BCUT2D eigenvalue weighted by atomic mass is 35.5. The number of nitrogens with one attached hydrogen (secondary N) is 2. The van der Waals surface area contributed by atoms with Gasteiger partial charge in [0, 0.05) is 25.2 Å². The van der Waals surface area contributed by atoms with Crippen LogP contribution in [0.1, 0.15) is 16.8 Å². The van der Waals surface area contributed by atoms with Gasteiger partial charge in [-0.3, -0.25) is 4.79 Å². The Bertz CT molecular complexity index is 567. The second-order valence-corrected chi connectivity index (χ2v) is 6.51. The van der Waals surface area contributed by atoms with E-state index >= 15 is 0 Å². The number of halogens is 1. The van der Waals surface area contributed by atoms with Crippen LogP contribution >= 0.6 is 12.4 Å². The van der Waals surface area contributed by atoms with E-state index in [1.807, 2.05) is 0 Å². The number of carbonyl (C=O) groups excluding carboxylic acids is 1. The average molecular weight is 334 g/mol. The van der Waals surface area contributed by atoms with Crippen LogP contribution in [0.15, 0.2) is 29.2 Å². The minimum Gasteiger partial charge on any atom is -0.337 e. The third-order valence-corrected chi connectivity index (χ3v) is 4.74. The maximum atomic E-state index is 12.3. The van der Waals surface area contributed by atoms with Gasteiger partial charge >= 0.3 is 0 Å². The fourth-order valence-electron chi connectivity index (χ4n) is 2.13. The van der Waals surface area contributed by atoms with Gasteiger partial charge in [-0.1, -0.05) is 0 Å². The lowest BCUT2D eigenvalue weighted by molar-refractivity contribution is 0.0766. The molecular formula is C13H20ClN3O3S. The van der Waals surface area contributed by atoms with Crippen LogP contribution in [-0.2, 0) is 10.0 Å². The molecule has 0 spiro atoms. The van der Waals surface area contributed by atoms with Gasteiger partial charge in [-0.2, -0.15) is 0 Å². The number of rotatable bonds is 3. The molecule has 1 aliphatic heterocycles. The van der Waals surface area contributed by atoms with E-state index in [2.05, 4.69) is 10.0 Å². The van der Waals surface area contributed by atoms with E-state index in [4.69, 9.17) is 0 Å². The van der Waals surface area contributed by atoms with Crippen LogP contribution in [0.3, 0.4) is 0 Å². The Balaban J connectivity index is 0.00000220. The van der Waals surface area contributed by atoms with Crippen LogP contribution in [0.2, 0.25) is 0 Å². The van der Waals surface area contributed by atoms with Gasteiger partial charge in [0.1, 0.15) is 0 Å². The van der Waals surface area contributed by atoms with Gasteiger partial charge in [0.25, 0.3) is 5.91 Å². The summed E-state index contributed by atoms with van der Waals surface area (Å²) in [6.07, 6.45) is 0.929. The summed E-state index contributed by atoms with van der Waals surface area (Å²) in [5.41, 5.74) is 0.516. The van der Waals surface area contributed by atoms with E-state index in [1.54, 1.807) is 17.0 Å². The first-order valence-electron chi connectivity index (χ1n) is 6.58. The molecule has 8 heteroatoms. The van der Waals surface area contributed by atoms with E-state index in [1.165, 1.54) is 19.2 Å². The van der Waals surface area contributed by atoms with Gasteiger partial charge in [-0.15, -0.1) is 12.4 Å². The van der Waals surface area contributed by atoms with E-state index in [-0.39, 0.29) is 23.2 Å². The van der Waals surface area contributed by atoms with Crippen molar-refractivity contribution >= 4 is 28.3 Å². The normalized spacial score (nSPS) is 16.0. The summed E-state index contributed by atoms with van der Waals surface area (Å²) >= 11 is 0. The molecular weight excluding hydrogens is 314 g/mol. The summed E-state index contributed by atoms with van der Waals surface area (Å²) < 4.78 is 25.5. The summed E-state index contributed by atoms with van der Waals surface area (Å²) in [6, 6.07) is 6.03. The molecule has 1 aliphatic rings. The topological polar surface area (TPSA) is 78.5 Å². The fraction of sp³-hybridized carbons (Fsp3) is 0.462. The standard InChI is InChI=1S/C13H19N3O3S.ClH/c1-14-20(18,19)12-5-3-11(4-6-12)13(17)16-9-2-7-15-8-10-16;/h3-6,14-15H,2,7-10H2,1H3;1H. The molecule has 1 amide bonds. The number of benzene rings is 1. The second kappa shape index (κ2) is 7.74. The summed E-state index contributed by atoms with van der Waals surface area (Å²) in [4.78, 5) is 14.3. The summed E-state index contributed by atoms with van der Waals surface area (Å²) in [7, 11) is -2.10. The molecule has 21 heavy (non-hydrogen) atoms. The third kappa shape index (κ3) is 4.41. The number of hydrogen-bond donors (Lipinski definition) is 2. The van der Waals surface area contributed by atoms with Gasteiger partial charge in [0.2, 0.25) is 10.0 Å². The maximum absolute atomic E-state index is 12.3. The quantitative estimate of drug-likeness (QED) is 0.842. The molecule has 2 N–H and O–H groups in total. The average Bonchev–Trinajstić information content (AvgIpc) is 2.75. The van der Waals surface area contributed by atoms with E-state index in [9.17, 15) is 13.2 Å². The van der Waals surface area contributed by atoms with Gasteiger partial charge in [-0.05, 0) is 44.3 Å². The molecule has 0 aromatic heterocycles. The van der Waals surface area contributed by atoms with E-state index in [0.29, 0.717) is 12.1 Å². The summed E-state index contributed by atoms with van der Waals surface area (Å²) in [5.74, 6) is -0.0536. The molecule has 0 saturated carbocycles. The molecule has 1 aromatic carbocycles. The third-order valence-electron chi connectivity index (χ3n) is 3.31. The van der Waals surface area contributed by atoms with Gasteiger partial charge in [0.15, 0.2) is 0 Å². The van der Waals surface area contributed by atoms with Gasteiger partial charge < -0.3 is 10.2 Å². The smallest absolute Gasteiger partial charge is 0.253 e. The van der Waals surface area contributed by atoms with Crippen molar-refractivity contribution in [1.29, 1.82) is 0 Å². The van der Waals surface area contributed by atoms with E-state index < -0.39 is 10.0 Å². The molecule has 0 atom stereocenters. The Labute approximate surface area is 131 Å². The molecule has 1 heterocycles. The molecule has 6 nitrogen and oxygen atoms in total. The van der Waals surface area contributed by atoms with Crippen molar-refractivity contribution in [2.75, 3.05) is 33.2 Å². The highest BCUT2D eigenvalue weighted by Crippen LogP contribution is 2.12. The highest BCUT2D eigenvalue weighted by molar-refractivity contribution is 7.89. The Morgan fingerprint density at radius 3 is 2.48 bits per heavy atom. The molecule has 0 unspecified atom stereocenters. The number of nitrogens with zero attached hydrogens (tertiary/aromatic N) is 1. The largest absolute Gasteiger partial charge is 0.337 e. The Hall–Kier alpha value is -1.15. The highest BCUT2D eigenvalue weighted by Gasteiger charge is 2.18. The lowest BCUT2D eigenvalue weighted by atomic mass is 10.2. The van der Waals surface area contributed by atoms with Crippen molar-refractivity contribution in [3.8, 4) is 0 Å². The zero-order chi connectivity index (χ0) is 14.6. The number of carbonyl (C=O) groups is 1. The van der Waals surface area contributed by atoms with Crippen molar-refractivity contribution in [2.45, 2.75) is 11.3 Å². The summed E-state index contributed by atoms with van der Waals surface area (Å²) in [6.45, 7) is 3.11. The number of sulfonamides is 1. The van der Waals surface area contributed by atoms with Crippen LogP contribution in [0, 0.1) is 0 Å². The number of amides is 1. The fourth-order valence-corrected chi connectivity index (χ4v) is 2.86. The van der Waals surface area contributed by atoms with Crippen molar-refractivity contribution in [1.82, 2.24) is 14.9 Å². The Kier molecular flexibility index (Phi) is 6.60. The minimum atomic E-state index is -3.46. The molecule has 2 rings (SSSR count). The van der Waals surface area contributed by atoms with Gasteiger partial charge in [-0.25, -0.2) is 13.1 Å². The first kappa shape index (κ1) is 17.9. The maximum Gasteiger partial charge on any atom is 0.253 e. The molecule has 1 fully saturated rings. The Morgan fingerprint density at radius 2 is 1.86 bits per heavy atom. The van der Waals surface area contributed by atoms with Crippen molar-refractivity contribution in [2.24, 2.45) is 0 Å². The first-order valence-corrected chi connectivity index (χ1v) is 8.06. The van der Waals surface area contributed by atoms with Crippen LogP contribution < -0.4 is 10.0 Å². The Morgan fingerprint density at radius 1 is 1.19 bits per heavy atom. The molecule has 0 aliphatic carbocycles. The molecule has 1 aromatic rings. The monoisotopic (exact) mass is 333 g/mol. The van der Waals surface area contributed by atoms with E-state index in [0.717, 1.165) is 26.1 Å². The zero-order valence-electron chi connectivity index (χ0n) is 11.8. The predicted octanol–water partition coefficient (Wildman–Crippen LogP) is 0.452. The first-order chi connectivity index (χ1) is 9.54.